The van der Waals surface area contributed by atoms with Crippen molar-refractivity contribution >= 4 is 6.03 Å². The van der Waals surface area contributed by atoms with Gasteiger partial charge in [0.1, 0.15) is 0 Å². The van der Waals surface area contributed by atoms with Crippen LogP contribution in [0, 0.1) is 11.3 Å². The molecule has 2 rings (SSSR count). The third-order valence-electron chi connectivity index (χ3n) is 4.04. The van der Waals surface area contributed by atoms with E-state index < -0.39 is 0 Å². The highest BCUT2D eigenvalue weighted by molar-refractivity contribution is 5.74. The van der Waals surface area contributed by atoms with Crippen LogP contribution in [-0.2, 0) is 0 Å². The minimum atomic E-state index is 0.180. The fourth-order valence-corrected chi connectivity index (χ4v) is 2.87. The zero-order chi connectivity index (χ0) is 19.1. The SMILES string of the molecule is CC.CC.CC.CC1CCC2(CC1)CN(C(=O)N(C)C)C2.CN. The highest BCUT2D eigenvalue weighted by Gasteiger charge is 2.46. The van der Waals surface area contributed by atoms with E-state index in [1.165, 1.54) is 32.7 Å². The largest absolute Gasteiger partial charge is 0.333 e. The summed E-state index contributed by atoms with van der Waals surface area (Å²) in [6.07, 6.45) is 5.35. The van der Waals surface area contributed by atoms with Crippen molar-refractivity contribution < 1.29 is 4.79 Å². The lowest BCUT2D eigenvalue weighted by molar-refractivity contribution is -0.0155. The molecule has 1 spiro atoms. The molecule has 1 saturated carbocycles. The van der Waals surface area contributed by atoms with E-state index in [9.17, 15) is 4.79 Å². The molecular weight excluding hydrogens is 286 g/mol. The van der Waals surface area contributed by atoms with Crippen molar-refractivity contribution in [3.63, 3.8) is 0 Å². The molecule has 0 unspecified atom stereocenters. The van der Waals surface area contributed by atoms with Crippen LogP contribution >= 0.6 is 0 Å². The topological polar surface area (TPSA) is 49.6 Å². The summed E-state index contributed by atoms with van der Waals surface area (Å²) in [6.45, 7) is 16.3. The van der Waals surface area contributed by atoms with E-state index in [1.807, 2.05) is 60.5 Å². The predicted molar refractivity (Wildman–Crippen MR) is 105 cm³/mol. The fourth-order valence-electron chi connectivity index (χ4n) is 2.87. The molecule has 2 fully saturated rings. The molecule has 0 radical (unpaired) electrons. The Bertz CT molecular complexity index is 251. The first-order valence-corrected chi connectivity index (χ1v) is 9.56. The second-order valence-corrected chi connectivity index (χ2v) is 5.72. The Balaban J connectivity index is -0.000000438. The van der Waals surface area contributed by atoms with Gasteiger partial charge in [0.05, 0.1) is 0 Å². The quantitative estimate of drug-likeness (QED) is 0.691. The number of nitrogens with zero attached hydrogens (tertiary/aromatic N) is 2. The lowest BCUT2D eigenvalue weighted by Gasteiger charge is -2.53. The number of nitrogens with two attached hydrogens (primary N) is 1. The molecule has 142 valence electrons. The Morgan fingerprint density at radius 2 is 1.30 bits per heavy atom. The third kappa shape index (κ3) is 9.19. The zero-order valence-corrected chi connectivity index (χ0v) is 17.7. The molecule has 2 N–H and O–H groups in total. The minimum Gasteiger partial charge on any atom is -0.333 e. The van der Waals surface area contributed by atoms with E-state index in [0.717, 1.165) is 19.0 Å². The third-order valence-corrected chi connectivity index (χ3v) is 4.04. The number of rotatable bonds is 0. The van der Waals surface area contributed by atoms with E-state index in [1.54, 1.807) is 4.90 Å². The maximum absolute atomic E-state index is 11.7. The van der Waals surface area contributed by atoms with Gasteiger partial charge >= 0.3 is 6.03 Å². The number of hydrogen-bond acceptors (Lipinski definition) is 2. The summed E-state index contributed by atoms with van der Waals surface area (Å²) in [6, 6.07) is 0.180. The smallest absolute Gasteiger partial charge is 0.319 e. The van der Waals surface area contributed by atoms with Crippen LogP contribution in [0.15, 0.2) is 0 Å². The Kier molecular flexibility index (Phi) is 19.0. The molecular formula is C19H45N3O. The highest BCUT2D eigenvalue weighted by Crippen LogP contribution is 2.45. The van der Waals surface area contributed by atoms with Crippen molar-refractivity contribution in [3.05, 3.63) is 0 Å². The van der Waals surface area contributed by atoms with Crippen molar-refractivity contribution in [1.82, 2.24) is 9.80 Å². The molecule has 0 aromatic carbocycles. The summed E-state index contributed by atoms with van der Waals surface area (Å²) in [5.74, 6) is 0.897. The number of carbonyl (C=O) groups is 1. The van der Waals surface area contributed by atoms with Crippen LogP contribution in [0.25, 0.3) is 0 Å². The summed E-state index contributed by atoms with van der Waals surface area (Å²) in [5.41, 5.74) is 5.00. The summed E-state index contributed by atoms with van der Waals surface area (Å²) in [5, 5.41) is 0. The monoisotopic (exact) mass is 331 g/mol. The van der Waals surface area contributed by atoms with Crippen LogP contribution < -0.4 is 5.73 Å². The Morgan fingerprint density at radius 1 is 0.957 bits per heavy atom. The first kappa shape index (κ1) is 27.1. The van der Waals surface area contributed by atoms with E-state index >= 15 is 0 Å². The van der Waals surface area contributed by atoms with Crippen LogP contribution in [0.2, 0.25) is 0 Å². The van der Waals surface area contributed by atoms with Crippen LogP contribution in [-0.4, -0.2) is 50.1 Å². The van der Waals surface area contributed by atoms with Gasteiger partial charge in [-0.2, -0.15) is 0 Å². The van der Waals surface area contributed by atoms with E-state index in [2.05, 4.69) is 12.7 Å². The lowest BCUT2D eigenvalue weighted by atomic mass is 9.66. The summed E-state index contributed by atoms with van der Waals surface area (Å²) >= 11 is 0. The Labute approximate surface area is 146 Å². The number of amides is 2. The second kappa shape index (κ2) is 16.1. The normalized spacial score (nSPS) is 17.4. The average Bonchev–Trinajstić information content (AvgIpc) is 2.60. The molecule has 1 aliphatic carbocycles. The van der Waals surface area contributed by atoms with Gasteiger partial charge in [-0.25, -0.2) is 4.79 Å². The molecule has 1 aliphatic heterocycles. The van der Waals surface area contributed by atoms with Gasteiger partial charge in [0.25, 0.3) is 0 Å². The van der Waals surface area contributed by atoms with Crippen molar-refractivity contribution in [2.45, 2.75) is 74.1 Å². The molecule has 0 atom stereocenters. The summed E-state index contributed by atoms with van der Waals surface area (Å²) < 4.78 is 0. The summed E-state index contributed by atoms with van der Waals surface area (Å²) in [7, 11) is 5.16. The molecule has 0 bridgehead atoms. The maximum atomic E-state index is 11.7. The second-order valence-electron chi connectivity index (χ2n) is 5.72. The van der Waals surface area contributed by atoms with Crippen LogP contribution in [0.4, 0.5) is 4.79 Å². The van der Waals surface area contributed by atoms with Crippen molar-refractivity contribution in [3.8, 4) is 0 Å². The standard InChI is InChI=1S/C12H22N2O.3C2H6.CH5N/c1-10-4-6-12(7-5-10)8-14(9-12)11(15)13(2)3;4*1-2/h10H,4-9H2,1-3H3;3*1-2H3;2H2,1H3. The van der Waals surface area contributed by atoms with Gasteiger partial charge in [-0.3, -0.25) is 0 Å². The maximum Gasteiger partial charge on any atom is 0.319 e. The average molecular weight is 332 g/mol. The number of carbonyl (C=O) groups excluding carboxylic acids is 1. The van der Waals surface area contributed by atoms with Gasteiger partial charge in [-0.15, -0.1) is 0 Å². The van der Waals surface area contributed by atoms with Crippen LogP contribution in [0.3, 0.4) is 0 Å². The minimum absolute atomic E-state index is 0.180. The van der Waals surface area contributed by atoms with Gasteiger partial charge in [0.2, 0.25) is 0 Å². The predicted octanol–water partition coefficient (Wildman–Crippen LogP) is 4.83. The molecule has 23 heavy (non-hydrogen) atoms. The van der Waals surface area contributed by atoms with Gasteiger partial charge in [0.15, 0.2) is 0 Å². The first-order chi connectivity index (χ1) is 11.0. The molecule has 1 heterocycles. The molecule has 0 aromatic rings. The number of hydrogen-bond donors (Lipinski definition) is 1. The first-order valence-electron chi connectivity index (χ1n) is 9.56. The van der Waals surface area contributed by atoms with Crippen molar-refractivity contribution in [2.75, 3.05) is 34.2 Å². The number of urea groups is 1. The molecule has 0 aromatic heterocycles. The zero-order valence-electron chi connectivity index (χ0n) is 17.7. The number of likely N-dealkylation sites (tertiary alicyclic amines) is 1. The lowest BCUT2D eigenvalue weighted by Crippen LogP contribution is -2.61. The molecule has 2 aliphatic rings. The molecule has 4 heteroatoms. The van der Waals surface area contributed by atoms with E-state index in [4.69, 9.17) is 0 Å². The van der Waals surface area contributed by atoms with Gasteiger partial charge in [0, 0.05) is 32.6 Å². The highest BCUT2D eigenvalue weighted by atomic mass is 16.2. The van der Waals surface area contributed by atoms with Crippen molar-refractivity contribution in [1.29, 1.82) is 0 Å². The van der Waals surface area contributed by atoms with E-state index in [0.29, 0.717) is 5.41 Å². The Hall–Kier alpha value is -0.770. The van der Waals surface area contributed by atoms with Gasteiger partial charge < -0.3 is 15.5 Å². The molecule has 1 saturated heterocycles. The molecule has 4 nitrogen and oxygen atoms in total. The van der Waals surface area contributed by atoms with Crippen molar-refractivity contribution in [2.24, 2.45) is 17.1 Å². The fraction of sp³-hybridized carbons (Fsp3) is 0.947. The molecule has 2 amide bonds. The van der Waals surface area contributed by atoms with E-state index in [-0.39, 0.29) is 6.03 Å². The van der Waals surface area contributed by atoms with Gasteiger partial charge in [-0.05, 0) is 25.8 Å². The van der Waals surface area contributed by atoms with Gasteiger partial charge in [-0.1, -0.05) is 61.3 Å². The van der Waals surface area contributed by atoms with Crippen LogP contribution in [0.1, 0.15) is 74.1 Å². The Morgan fingerprint density at radius 3 is 1.61 bits per heavy atom. The summed E-state index contributed by atoms with van der Waals surface area (Å²) in [4.78, 5) is 15.3. The van der Waals surface area contributed by atoms with Crippen LogP contribution in [0.5, 0.6) is 0 Å².